The topological polar surface area (TPSA) is 109 Å². The summed E-state index contributed by atoms with van der Waals surface area (Å²) in [5, 5.41) is 16.1. The molecule has 0 aliphatic rings. The van der Waals surface area contributed by atoms with Gasteiger partial charge in [-0.25, -0.2) is 0 Å². The Bertz CT molecular complexity index is 1410. The summed E-state index contributed by atoms with van der Waals surface area (Å²) < 4.78 is 0. The van der Waals surface area contributed by atoms with Crippen molar-refractivity contribution in [1.29, 1.82) is 0 Å². The van der Waals surface area contributed by atoms with Crippen molar-refractivity contribution in [3.8, 4) is 0 Å². The van der Waals surface area contributed by atoms with Crippen LogP contribution in [-0.2, 0) is 16.0 Å². The Labute approximate surface area is 255 Å². The molecule has 0 fully saturated rings. The minimum atomic E-state index is -0.144. The minimum Gasteiger partial charge on any atom is -0.361 e. The van der Waals surface area contributed by atoms with E-state index in [-0.39, 0.29) is 24.9 Å². The van der Waals surface area contributed by atoms with Crippen molar-refractivity contribution in [3.05, 3.63) is 102 Å². The molecule has 3 rings (SSSR count). The van der Waals surface area contributed by atoms with Crippen LogP contribution in [0.4, 0.5) is 0 Å². The quantitative estimate of drug-likeness (QED) is 0.0875. The van der Waals surface area contributed by atoms with Gasteiger partial charge in [0.1, 0.15) is 0 Å². The van der Waals surface area contributed by atoms with Crippen molar-refractivity contribution in [1.82, 2.24) is 26.0 Å². The molecule has 0 aliphatic heterocycles. The van der Waals surface area contributed by atoms with Crippen LogP contribution in [0.3, 0.4) is 0 Å². The highest BCUT2D eigenvalue weighted by Gasteiger charge is 2.17. The molecule has 2 aromatic carbocycles. The largest absolute Gasteiger partial charge is 0.361 e. The first-order valence-corrected chi connectivity index (χ1v) is 15.1. The van der Waals surface area contributed by atoms with E-state index in [9.17, 15) is 9.59 Å². The number of nitrogens with one attached hydrogen (secondary N) is 4. The second-order valence-corrected chi connectivity index (χ2v) is 10.9. The number of rotatable bonds is 19. The van der Waals surface area contributed by atoms with Crippen LogP contribution in [0.1, 0.15) is 62.1 Å². The molecule has 5 N–H and O–H groups in total. The summed E-state index contributed by atoms with van der Waals surface area (Å²) in [5.41, 5.74) is 9.25. The maximum absolute atomic E-state index is 13.0. The highest BCUT2D eigenvalue weighted by molar-refractivity contribution is 5.84. The fourth-order valence-corrected chi connectivity index (χ4v) is 5.18. The molecule has 0 unspecified atom stereocenters. The third-order valence-corrected chi connectivity index (χ3v) is 7.67. The average Bonchev–Trinajstić information content (AvgIpc) is 3.42. The van der Waals surface area contributed by atoms with Crippen LogP contribution in [-0.4, -0.2) is 53.1 Å². The summed E-state index contributed by atoms with van der Waals surface area (Å²) in [4.78, 5) is 31.0. The van der Waals surface area contributed by atoms with Gasteiger partial charge in [0.05, 0.1) is 13.1 Å². The van der Waals surface area contributed by atoms with E-state index in [0.29, 0.717) is 38.0 Å². The smallest absolute Gasteiger partial charge is 0.239 e. The normalized spacial score (nSPS) is 11.3. The number of hydrogen-bond donors (Lipinski definition) is 5. The second kappa shape index (κ2) is 17.6. The van der Waals surface area contributed by atoms with Gasteiger partial charge in [-0.05, 0) is 80.7 Å². The van der Waals surface area contributed by atoms with Crippen LogP contribution in [0.25, 0.3) is 16.5 Å². The number of H-pyrrole nitrogens is 1. The van der Waals surface area contributed by atoms with E-state index in [2.05, 4.69) is 65.5 Å². The zero-order chi connectivity index (χ0) is 31.0. The highest BCUT2D eigenvalue weighted by atomic mass is 16.5. The number of aromatic nitrogens is 1. The third kappa shape index (κ3) is 10.8. The Morgan fingerprint density at radius 3 is 2.30 bits per heavy atom. The first-order valence-electron chi connectivity index (χ1n) is 15.1. The van der Waals surface area contributed by atoms with Gasteiger partial charge in [-0.1, -0.05) is 68.1 Å². The number of aryl methyl sites for hydroxylation is 1. The van der Waals surface area contributed by atoms with Crippen LogP contribution < -0.4 is 16.1 Å². The number of aromatic amines is 1. The lowest BCUT2D eigenvalue weighted by Crippen LogP contribution is -2.42. The molecular formula is C35H47N5O3. The molecule has 230 valence electrons. The minimum absolute atomic E-state index is 0.0642. The molecule has 0 atom stereocenters. The lowest BCUT2D eigenvalue weighted by molar-refractivity contribution is -0.124. The standard InChI is InChI=1S/C35H47N5O3/c1-5-29(31-16-10-9-13-26(31)2)19-21-36-34(41)24-40(28(4)15-8-6-7-14-27(3)39-43)25-35(42)37-22-20-30-23-38-33-18-12-11-17-32(30)33/h5,9-13,16-18,23,38-39,43H,3-4,6-8,14-15,19-22,24-25H2,1-2H3,(H,36,41)(H,37,42)/b29-5-. The third-order valence-electron chi connectivity index (χ3n) is 7.67. The number of unbranched alkanes of at least 4 members (excludes halogenated alkanes) is 2. The molecule has 8 heteroatoms. The first kappa shape index (κ1) is 33.2. The number of hydroxylamine groups is 1. The molecule has 3 aromatic rings. The molecule has 0 spiro atoms. The van der Waals surface area contributed by atoms with Crippen LogP contribution in [0.15, 0.2) is 85.4 Å². The Morgan fingerprint density at radius 2 is 1.58 bits per heavy atom. The summed E-state index contributed by atoms with van der Waals surface area (Å²) in [7, 11) is 0. The Hall–Kier alpha value is -4.30. The number of benzene rings is 2. The molecule has 0 saturated carbocycles. The van der Waals surface area contributed by atoms with Crippen molar-refractivity contribution in [2.24, 2.45) is 0 Å². The summed E-state index contributed by atoms with van der Waals surface area (Å²) in [6.07, 6.45) is 9.52. The van der Waals surface area contributed by atoms with Crippen LogP contribution >= 0.6 is 0 Å². The second-order valence-electron chi connectivity index (χ2n) is 10.9. The maximum Gasteiger partial charge on any atom is 0.239 e. The van der Waals surface area contributed by atoms with Gasteiger partial charge in [-0.15, -0.1) is 0 Å². The molecule has 2 amide bonds. The highest BCUT2D eigenvalue weighted by Crippen LogP contribution is 2.21. The van der Waals surface area contributed by atoms with E-state index in [1.54, 1.807) is 4.90 Å². The Balaban J connectivity index is 1.52. The molecule has 43 heavy (non-hydrogen) atoms. The maximum atomic E-state index is 13.0. The lowest BCUT2D eigenvalue weighted by atomic mass is 9.98. The van der Waals surface area contributed by atoms with Gasteiger partial charge < -0.3 is 20.5 Å². The number of nitrogens with zero attached hydrogens (tertiary/aromatic N) is 1. The van der Waals surface area contributed by atoms with Gasteiger partial charge >= 0.3 is 0 Å². The number of allylic oxidation sites excluding steroid dienone is 3. The van der Waals surface area contributed by atoms with E-state index >= 15 is 0 Å². The van der Waals surface area contributed by atoms with Gasteiger partial charge in [0, 0.05) is 41.6 Å². The SMILES string of the molecule is C=C(CCCCCC(=C)N(CC(=O)NCC/C(=C/C)c1ccccc1C)CC(=O)NCCc1c[nH]c2ccccc12)NO. The number of hydrogen-bond acceptors (Lipinski definition) is 5. The average molecular weight is 586 g/mol. The predicted molar refractivity (Wildman–Crippen MR) is 175 cm³/mol. The molecule has 8 nitrogen and oxygen atoms in total. The van der Waals surface area contributed by atoms with E-state index < -0.39 is 0 Å². The fraction of sp³-hybridized carbons (Fsp3) is 0.371. The predicted octanol–water partition coefficient (Wildman–Crippen LogP) is 6.00. The van der Waals surface area contributed by atoms with E-state index in [1.165, 1.54) is 16.7 Å². The van der Waals surface area contributed by atoms with Gasteiger partial charge in [-0.3, -0.25) is 20.3 Å². The van der Waals surface area contributed by atoms with E-state index in [0.717, 1.165) is 47.8 Å². The van der Waals surface area contributed by atoms with E-state index in [4.69, 9.17) is 5.21 Å². The number of carbonyl (C=O) groups excluding carboxylic acids is 2. The number of para-hydroxylation sites is 1. The molecule has 1 heterocycles. The van der Waals surface area contributed by atoms with Crippen LogP contribution in [0.2, 0.25) is 0 Å². The summed E-state index contributed by atoms with van der Waals surface area (Å²) in [6.45, 7) is 13.2. The zero-order valence-corrected chi connectivity index (χ0v) is 25.7. The Kier molecular flexibility index (Phi) is 13.6. The lowest BCUT2D eigenvalue weighted by Gasteiger charge is -2.26. The van der Waals surface area contributed by atoms with Gasteiger partial charge in [0.25, 0.3) is 0 Å². The summed E-state index contributed by atoms with van der Waals surface area (Å²) in [5.74, 6) is -0.284. The first-order chi connectivity index (χ1) is 20.8. The van der Waals surface area contributed by atoms with Gasteiger partial charge in [0.15, 0.2) is 0 Å². The van der Waals surface area contributed by atoms with Gasteiger partial charge in [0.2, 0.25) is 11.8 Å². The molecular weight excluding hydrogens is 538 g/mol. The van der Waals surface area contributed by atoms with Crippen LogP contribution in [0, 0.1) is 6.92 Å². The van der Waals surface area contributed by atoms with Gasteiger partial charge in [-0.2, -0.15) is 0 Å². The van der Waals surface area contributed by atoms with Crippen molar-refractivity contribution in [2.45, 2.75) is 58.8 Å². The molecule has 1 aromatic heterocycles. The number of amides is 2. The monoisotopic (exact) mass is 585 g/mol. The number of carbonyl (C=O) groups is 2. The zero-order valence-electron chi connectivity index (χ0n) is 25.7. The van der Waals surface area contributed by atoms with Crippen LogP contribution in [0.5, 0.6) is 0 Å². The fourth-order valence-electron chi connectivity index (χ4n) is 5.18. The van der Waals surface area contributed by atoms with Crippen molar-refractivity contribution in [3.63, 3.8) is 0 Å². The molecule has 0 bridgehead atoms. The molecule has 0 radical (unpaired) electrons. The summed E-state index contributed by atoms with van der Waals surface area (Å²) >= 11 is 0. The van der Waals surface area contributed by atoms with Crippen molar-refractivity contribution < 1.29 is 14.8 Å². The summed E-state index contributed by atoms with van der Waals surface area (Å²) in [6, 6.07) is 16.4. The Morgan fingerprint density at radius 1 is 0.907 bits per heavy atom. The molecule has 0 saturated heterocycles. The number of fused-ring (bicyclic) bond motifs is 1. The van der Waals surface area contributed by atoms with Crippen molar-refractivity contribution >= 4 is 28.3 Å². The van der Waals surface area contributed by atoms with Crippen molar-refractivity contribution in [2.75, 3.05) is 26.2 Å². The van der Waals surface area contributed by atoms with E-state index in [1.807, 2.05) is 43.5 Å². The molecule has 0 aliphatic carbocycles.